The Morgan fingerprint density at radius 3 is 2.62 bits per heavy atom. The number of halogens is 2. The van der Waals surface area contributed by atoms with Crippen molar-refractivity contribution in [3.63, 3.8) is 0 Å². The Hall–Kier alpha value is -2.38. The Morgan fingerprint density at radius 2 is 1.86 bits per heavy atom. The first kappa shape index (κ1) is 15.0. The lowest BCUT2D eigenvalue weighted by atomic mass is 10.1. The van der Waals surface area contributed by atoms with Crippen LogP contribution in [0.4, 0.5) is 8.78 Å². The number of ether oxygens (including phenoxy) is 1. The van der Waals surface area contributed by atoms with Crippen molar-refractivity contribution in [2.45, 2.75) is 13.5 Å². The Labute approximate surface area is 122 Å². The maximum atomic E-state index is 13.5. The monoisotopic (exact) mass is 288 g/mol. The van der Waals surface area contributed by atoms with E-state index in [-0.39, 0.29) is 24.5 Å². The quantitative estimate of drug-likeness (QED) is 0.879. The molecule has 0 bridgehead atoms. The largest absolute Gasteiger partial charge is 0.486 e. The van der Waals surface area contributed by atoms with Gasteiger partial charge in [-0.05, 0) is 42.3 Å². The Bertz CT molecular complexity index is 700. The van der Waals surface area contributed by atoms with Gasteiger partial charge in [-0.15, -0.1) is 0 Å². The average molecular weight is 288 g/mol. The van der Waals surface area contributed by atoms with Crippen molar-refractivity contribution in [3.05, 3.63) is 64.7 Å². The lowest BCUT2D eigenvalue weighted by molar-refractivity contribution is 0.290. The maximum absolute atomic E-state index is 13.5. The van der Waals surface area contributed by atoms with Crippen LogP contribution in [0.15, 0.2) is 36.4 Å². The van der Waals surface area contributed by atoms with E-state index in [4.69, 9.17) is 9.84 Å². The molecule has 0 aromatic heterocycles. The van der Waals surface area contributed by atoms with Crippen LogP contribution in [0, 0.1) is 30.4 Å². The fraction of sp³-hybridized carbons (Fsp3) is 0.176. The van der Waals surface area contributed by atoms with Gasteiger partial charge in [0.25, 0.3) is 0 Å². The van der Waals surface area contributed by atoms with Gasteiger partial charge in [0.1, 0.15) is 19.0 Å². The van der Waals surface area contributed by atoms with E-state index in [1.165, 1.54) is 18.2 Å². The van der Waals surface area contributed by atoms with Gasteiger partial charge in [-0.2, -0.15) is 0 Å². The van der Waals surface area contributed by atoms with Crippen molar-refractivity contribution >= 4 is 0 Å². The summed E-state index contributed by atoms with van der Waals surface area (Å²) < 4.78 is 32.4. The third kappa shape index (κ3) is 4.04. The van der Waals surface area contributed by atoms with E-state index in [0.717, 1.165) is 5.56 Å². The summed E-state index contributed by atoms with van der Waals surface area (Å²) in [4.78, 5) is 0. The van der Waals surface area contributed by atoms with E-state index in [2.05, 4.69) is 11.8 Å². The second-order valence-electron chi connectivity index (χ2n) is 4.50. The summed E-state index contributed by atoms with van der Waals surface area (Å²) in [6.45, 7) is 1.61. The summed E-state index contributed by atoms with van der Waals surface area (Å²) in [7, 11) is 0. The number of aryl methyl sites for hydroxylation is 1. The van der Waals surface area contributed by atoms with Gasteiger partial charge >= 0.3 is 0 Å². The zero-order chi connectivity index (χ0) is 15.2. The van der Waals surface area contributed by atoms with Crippen LogP contribution in [0.1, 0.15) is 16.7 Å². The molecule has 0 saturated heterocycles. The summed E-state index contributed by atoms with van der Waals surface area (Å²) in [6, 6.07) is 8.94. The van der Waals surface area contributed by atoms with E-state index in [9.17, 15) is 8.78 Å². The fourth-order valence-corrected chi connectivity index (χ4v) is 1.78. The number of hydrogen-bond acceptors (Lipinski definition) is 2. The zero-order valence-corrected chi connectivity index (χ0v) is 11.5. The molecule has 2 aromatic carbocycles. The van der Waals surface area contributed by atoms with Gasteiger partial charge in [0.2, 0.25) is 0 Å². The van der Waals surface area contributed by atoms with Gasteiger partial charge in [0.05, 0.1) is 5.56 Å². The smallest absolute Gasteiger partial charge is 0.165 e. The minimum absolute atomic E-state index is 0.106. The van der Waals surface area contributed by atoms with E-state index in [0.29, 0.717) is 5.56 Å². The van der Waals surface area contributed by atoms with Gasteiger partial charge in [0.15, 0.2) is 11.6 Å². The fourth-order valence-electron chi connectivity index (χ4n) is 1.78. The predicted molar refractivity (Wildman–Crippen MR) is 75.8 cm³/mol. The standard InChI is InChI=1S/C17H14F2O2/c1-12-4-6-16(19)17(9-12)21-11-13-5-7-15(18)14(10-13)3-2-8-20/h4-7,9-10,20H,8,11H2,1H3. The van der Waals surface area contributed by atoms with Crippen LogP contribution in [0.2, 0.25) is 0 Å². The molecule has 0 aliphatic heterocycles. The second kappa shape index (κ2) is 6.87. The Kier molecular flexibility index (Phi) is 4.91. The SMILES string of the molecule is Cc1ccc(F)c(OCc2ccc(F)c(C#CCO)c2)c1. The molecule has 2 aromatic rings. The molecule has 0 amide bonds. The van der Waals surface area contributed by atoms with Crippen molar-refractivity contribution in [1.29, 1.82) is 0 Å². The van der Waals surface area contributed by atoms with Crippen LogP contribution in [0.25, 0.3) is 0 Å². The molecule has 0 saturated carbocycles. The minimum atomic E-state index is -0.471. The number of aliphatic hydroxyl groups excluding tert-OH is 1. The second-order valence-corrected chi connectivity index (χ2v) is 4.50. The highest BCUT2D eigenvalue weighted by Gasteiger charge is 2.06. The number of rotatable bonds is 3. The first-order valence-electron chi connectivity index (χ1n) is 6.37. The molecule has 0 unspecified atom stereocenters. The first-order chi connectivity index (χ1) is 10.1. The molecule has 0 aliphatic carbocycles. The summed E-state index contributed by atoms with van der Waals surface area (Å²) in [5.74, 6) is 4.15. The molecule has 0 radical (unpaired) electrons. The molecule has 1 N–H and O–H groups in total. The molecule has 2 rings (SSSR count). The lowest BCUT2D eigenvalue weighted by Crippen LogP contribution is -1.99. The molecule has 21 heavy (non-hydrogen) atoms. The Morgan fingerprint density at radius 1 is 1.10 bits per heavy atom. The number of benzene rings is 2. The summed E-state index contributed by atoms with van der Waals surface area (Å²) in [6.07, 6.45) is 0. The molecule has 0 spiro atoms. The van der Waals surface area contributed by atoms with Crippen molar-refractivity contribution < 1.29 is 18.6 Å². The van der Waals surface area contributed by atoms with Gasteiger partial charge < -0.3 is 9.84 Å². The highest BCUT2D eigenvalue weighted by Crippen LogP contribution is 2.20. The van der Waals surface area contributed by atoms with Crippen LogP contribution in [-0.2, 0) is 6.61 Å². The normalized spacial score (nSPS) is 9.90. The topological polar surface area (TPSA) is 29.5 Å². The van der Waals surface area contributed by atoms with E-state index < -0.39 is 11.6 Å². The Balaban J connectivity index is 2.15. The average Bonchev–Trinajstić information content (AvgIpc) is 2.48. The molecule has 0 heterocycles. The van der Waals surface area contributed by atoms with Crippen molar-refractivity contribution in [1.82, 2.24) is 0 Å². The number of aliphatic hydroxyl groups is 1. The summed E-state index contributed by atoms with van der Waals surface area (Å²) in [5, 5.41) is 8.63. The minimum Gasteiger partial charge on any atom is -0.486 e. The molecular weight excluding hydrogens is 274 g/mol. The maximum Gasteiger partial charge on any atom is 0.165 e. The predicted octanol–water partition coefficient (Wildman–Crippen LogP) is 3.20. The van der Waals surface area contributed by atoms with Crippen molar-refractivity contribution in [2.75, 3.05) is 6.61 Å². The van der Waals surface area contributed by atoms with Crippen LogP contribution < -0.4 is 4.74 Å². The highest BCUT2D eigenvalue weighted by molar-refractivity contribution is 5.38. The molecule has 0 aliphatic rings. The molecule has 2 nitrogen and oxygen atoms in total. The van der Waals surface area contributed by atoms with Crippen molar-refractivity contribution in [3.8, 4) is 17.6 Å². The summed E-state index contributed by atoms with van der Waals surface area (Å²) in [5.41, 5.74) is 1.73. The van der Waals surface area contributed by atoms with Gasteiger partial charge in [-0.3, -0.25) is 0 Å². The van der Waals surface area contributed by atoms with E-state index in [1.807, 2.05) is 6.92 Å². The van der Waals surface area contributed by atoms with E-state index in [1.54, 1.807) is 18.2 Å². The van der Waals surface area contributed by atoms with Gasteiger partial charge in [-0.25, -0.2) is 8.78 Å². The zero-order valence-electron chi connectivity index (χ0n) is 11.5. The van der Waals surface area contributed by atoms with Crippen LogP contribution >= 0.6 is 0 Å². The molecule has 4 heteroatoms. The molecule has 108 valence electrons. The molecule has 0 atom stereocenters. The van der Waals surface area contributed by atoms with Crippen LogP contribution in [0.3, 0.4) is 0 Å². The third-order valence-electron chi connectivity index (χ3n) is 2.81. The number of hydrogen-bond donors (Lipinski definition) is 1. The van der Waals surface area contributed by atoms with Crippen LogP contribution in [-0.4, -0.2) is 11.7 Å². The summed E-state index contributed by atoms with van der Waals surface area (Å²) >= 11 is 0. The van der Waals surface area contributed by atoms with Crippen molar-refractivity contribution in [2.24, 2.45) is 0 Å². The van der Waals surface area contributed by atoms with Crippen LogP contribution in [0.5, 0.6) is 5.75 Å². The lowest BCUT2D eigenvalue weighted by Gasteiger charge is -2.08. The van der Waals surface area contributed by atoms with Gasteiger partial charge in [-0.1, -0.05) is 24.0 Å². The first-order valence-corrected chi connectivity index (χ1v) is 6.37. The molecule has 0 fully saturated rings. The third-order valence-corrected chi connectivity index (χ3v) is 2.81. The van der Waals surface area contributed by atoms with Gasteiger partial charge in [0, 0.05) is 0 Å². The highest BCUT2D eigenvalue weighted by atomic mass is 19.1. The van der Waals surface area contributed by atoms with E-state index >= 15 is 0 Å². The molecular formula is C17H14F2O2.